The molecule has 1 aliphatic rings. The zero-order chi connectivity index (χ0) is 14.3. The molecule has 0 unspecified atom stereocenters. The molecule has 2 aromatic rings. The Morgan fingerprint density at radius 1 is 1.29 bits per heavy atom. The molecule has 7 heteroatoms. The highest BCUT2D eigenvalue weighted by Gasteiger charge is 2.25. The van der Waals surface area contributed by atoms with Gasteiger partial charge >= 0.3 is 0 Å². The lowest BCUT2D eigenvalue weighted by atomic mass is 10.1. The number of rotatable bonds is 2. The number of primary amides is 1. The Labute approximate surface area is 125 Å². The second kappa shape index (κ2) is 5.57. The summed E-state index contributed by atoms with van der Waals surface area (Å²) in [6.45, 7) is 0.405. The van der Waals surface area contributed by atoms with Crippen LogP contribution < -0.4 is 16.0 Å². The Balaban J connectivity index is 0.00000161. The van der Waals surface area contributed by atoms with Gasteiger partial charge in [0, 0.05) is 23.9 Å². The Hall–Kier alpha value is -2.34. The SMILES string of the molecule is Cl.NC(=O)c1c2c(cn(-c3ccc(F)cc3)c1=O)CCO2. The van der Waals surface area contributed by atoms with Crippen LogP contribution in [0.1, 0.15) is 15.9 Å². The summed E-state index contributed by atoms with van der Waals surface area (Å²) in [4.78, 5) is 23.8. The zero-order valence-electron chi connectivity index (χ0n) is 10.8. The lowest BCUT2D eigenvalue weighted by Crippen LogP contribution is -2.29. The highest BCUT2D eigenvalue weighted by Crippen LogP contribution is 2.27. The van der Waals surface area contributed by atoms with Crippen LogP contribution in [0, 0.1) is 5.82 Å². The van der Waals surface area contributed by atoms with Crippen LogP contribution >= 0.6 is 12.4 Å². The van der Waals surface area contributed by atoms with Crippen molar-refractivity contribution in [2.24, 2.45) is 5.73 Å². The maximum Gasteiger partial charge on any atom is 0.271 e. The van der Waals surface area contributed by atoms with Crippen LogP contribution in [0.2, 0.25) is 0 Å². The second-order valence-electron chi connectivity index (χ2n) is 4.47. The monoisotopic (exact) mass is 310 g/mol. The number of fused-ring (bicyclic) bond motifs is 1. The van der Waals surface area contributed by atoms with E-state index in [1.165, 1.54) is 28.8 Å². The molecule has 0 saturated carbocycles. The number of amides is 1. The average molecular weight is 311 g/mol. The van der Waals surface area contributed by atoms with Gasteiger partial charge in [0.2, 0.25) is 0 Å². The number of carbonyl (C=O) groups is 1. The van der Waals surface area contributed by atoms with E-state index in [-0.39, 0.29) is 23.7 Å². The van der Waals surface area contributed by atoms with Crippen LogP contribution in [-0.4, -0.2) is 17.1 Å². The van der Waals surface area contributed by atoms with Gasteiger partial charge in [-0.2, -0.15) is 0 Å². The van der Waals surface area contributed by atoms with E-state index in [2.05, 4.69) is 0 Å². The third kappa shape index (κ3) is 2.50. The maximum atomic E-state index is 12.9. The Morgan fingerprint density at radius 3 is 2.57 bits per heavy atom. The third-order valence-corrected chi connectivity index (χ3v) is 3.21. The van der Waals surface area contributed by atoms with Gasteiger partial charge in [0.25, 0.3) is 11.5 Å². The summed E-state index contributed by atoms with van der Waals surface area (Å²) in [5.74, 6) is -0.966. The first-order valence-electron chi connectivity index (χ1n) is 6.05. The first kappa shape index (κ1) is 15.1. The minimum atomic E-state index is -0.829. The molecule has 0 atom stereocenters. The smallest absolute Gasteiger partial charge is 0.271 e. The largest absolute Gasteiger partial charge is 0.492 e. The molecule has 3 rings (SSSR count). The minimum absolute atomic E-state index is 0. The van der Waals surface area contributed by atoms with Crippen LogP contribution in [0.3, 0.4) is 0 Å². The van der Waals surface area contributed by atoms with Gasteiger partial charge in [-0.3, -0.25) is 14.2 Å². The standard InChI is InChI=1S/C14H11FN2O3.ClH/c15-9-1-3-10(4-2-9)17-7-8-5-6-20-12(8)11(13(16)18)14(17)19;/h1-4,7H,5-6H2,(H2,16,18);1H. The topological polar surface area (TPSA) is 74.3 Å². The second-order valence-corrected chi connectivity index (χ2v) is 4.47. The lowest BCUT2D eigenvalue weighted by Gasteiger charge is -2.10. The summed E-state index contributed by atoms with van der Waals surface area (Å²) in [5.41, 5.74) is 5.74. The molecule has 0 spiro atoms. The molecule has 21 heavy (non-hydrogen) atoms. The average Bonchev–Trinajstić information content (AvgIpc) is 2.86. The fourth-order valence-corrected chi connectivity index (χ4v) is 2.27. The van der Waals surface area contributed by atoms with Crippen molar-refractivity contribution < 1.29 is 13.9 Å². The van der Waals surface area contributed by atoms with E-state index in [9.17, 15) is 14.0 Å². The highest BCUT2D eigenvalue weighted by molar-refractivity contribution is 5.96. The number of ether oxygens (including phenoxy) is 1. The summed E-state index contributed by atoms with van der Waals surface area (Å²) in [7, 11) is 0. The molecule has 0 fully saturated rings. The minimum Gasteiger partial charge on any atom is -0.492 e. The number of nitrogens with two attached hydrogens (primary N) is 1. The molecule has 0 radical (unpaired) electrons. The van der Waals surface area contributed by atoms with E-state index in [0.29, 0.717) is 18.7 Å². The molecule has 1 aromatic heterocycles. The van der Waals surface area contributed by atoms with Crippen molar-refractivity contribution >= 4 is 18.3 Å². The van der Waals surface area contributed by atoms with Crippen molar-refractivity contribution in [3.63, 3.8) is 0 Å². The lowest BCUT2D eigenvalue weighted by molar-refractivity contribution is 0.0995. The normalized spacial score (nSPS) is 12.2. The first-order valence-corrected chi connectivity index (χ1v) is 6.05. The first-order chi connectivity index (χ1) is 9.58. The van der Waals surface area contributed by atoms with E-state index in [0.717, 1.165) is 5.56 Å². The molecular formula is C14H12ClFN2O3. The van der Waals surface area contributed by atoms with Crippen molar-refractivity contribution in [3.05, 3.63) is 57.8 Å². The van der Waals surface area contributed by atoms with Crippen molar-refractivity contribution in [2.45, 2.75) is 6.42 Å². The fourth-order valence-electron chi connectivity index (χ4n) is 2.27. The van der Waals surface area contributed by atoms with Gasteiger partial charge in [0.1, 0.15) is 17.1 Å². The molecule has 2 N–H and O–H groups in total. The van der Waals surface area contributed by atoms with Gasteiger partial charge in [0.15, 0.2) is 0 Å². The van der Waals surface area contributed by atoms with Gasteiger partial charge in [-0.1, -0.05) is 0 Å². The maximum absolute atomic E-state index is 12.9. The van der Waals surface area contributed by atoms with Gasteiger partial charge in [-0.15, -0.1) is 12.4 Å². The fraction of sp³-hybridized carbons (Fsp3) is 0.143. The predicted molar refractivity (Wildman–Crippen MR) is 77.0 cm³/mol. The molecule has 1 aliphatic heterocycles. The number of hydrogen-bond acceptors (Lipinski definition) is 3. The molecule has 0 saturated heterocycles. The quantitative estimate of drug-likeness (QED) is 0.912. The number of pyridine rings is 1. The van der Waals surface area contributed by atoms with Gasteiger partial charge < -0.3 is 10.5 Å². The summed E-state index contributed by atoms with van der Waals surface area (Å²) < 4.78 is 19.5. The number of aromatic nitrogens is 1. The van der Waals surface area contributed by atoms with E-state index in [1.54, 1.807) is 6.20 Å². The molecule has 0 aliphatic carbocycles. The summed E-state index contributed by atoms with van der Waals surface area (Å²) in [5, 5.41) is 0. The predicted octanol–water partition coefficient (Wildman–Crippen LogP) is 1.43. The van der Waals surface area contributed by atoms with E-state index in [4.69, 9.17) is 10.5 Å². The Kier molecular flexibility index (Phi) is 3.99. The number of benzene rings is 1. The van der Waals surface area contributed by atoms with Crippen molar-refractivity contribution in [1.29, 1.82) is 0 Å². The van der Waals surface area contributed by atoms with Gasteiger partial charge in [-0.25, -0.2) is 4.39 Å². The molecule has 0 bridgehead atoms. The molecule has 1 amide bonds. The van der Waals surface area contributed by atoms with Crippen molar-refractivity contribution in [3.8, 4) is 11.4 Å². The van der Waals surface area contributed by atoms with E-state index < -0.39 is 17.3 Å². The molecule has 2 heterocycles. The van der Waals surface area contributed by atoms with Crippen LogP contribution in [-0.2, 0) is 6.42 Å². The Bertz CT molecular complexity index is 756. The molecular weight excluding hydrogens is 299 g/mol. The number of halogens is 2. The van der Waals surface area contributed by atoms with E-state index >= 15 is 0 Å². The number of nitrogens with zero attached hydrogens (tertiary/aromatic N) is 1. The van der Waals surface area contributed by atoms with Crippen LogP contribution in [0.5, 0.6) is 5.75 Å². The molecule has 1 aromatic carbocycles. The molecule has 5 nitrogen and oxygen atoms in total. The highest BCUT2D eigenvalue weighted by atomic mass is 35.5. The summed E-state index contributed by atoms with van der Waals surface area (Å²) >= 11 is 0. The Morgan fingerprint density at radius 2 is 1.95 bits per heavy atom. The van der Waals surface area contributed by atoms with Gasteiger partial charge in [-0.05, 0) is 24.3 Å². The van der Waals surface area contributed by atoms with Crippen LogP contribution in [0.15, 0.2) is 35.3 Å². The third-order valence-electron chi connectivity index (χ3n) is 3.21. The number of hydrogen-bond donors (Lipinski definition) is 1. The molecule has 110 valence electrons. The van der Waals surface area contributed by atoms with Crippen LogP contribution in [0.4, 0.5) is 4.39 Å². The van der Waals surface area contributed by atoms with Crippen LogP contribution in [0.25, 0.3) is 5.69 Å². The van der Waals surface area contributed by atoms with Crippen molar-refractivity contribution in [2.75, 3.05) is 6.61 Å². The van der Waals surface area contributed by atoms with Gasteiger partial charge in [0.05, 0.1) is 6.61 Å². The van der Waals surface area contributed by atoms with Crippen molar-refractivity contribution in [1.82, 2.24) is 4.57 Å². The summed E-state index contributed by atoms with van der Waals surface area (Å²) in [6, 6.07) is 5.41. The number of carbonyl (C=O) groups excluding carboxylic acids is 1. The van der Waals surface area contributed by atoms with E-state index in [1.807, 2.05) is 0 Å². The summed E-state index contributed by atoms with van der Waals surface area (Å²) in [6.07, 6.45) is 2.20. The zero-order valence-corrected chi connectivity index (χ0v) is 11.7.